The Morgan fingerprint density at radius 1 is 1.31 bits per heavy atom. The molecule has 2 saturated heterocycles. The normalized spacial score (nSPS) is 23.2. The van der Waals surface area contributed by atoms with Crippen molar-refractivity contribution in [1.82, 2.24) is 15.5 Å². The maximum absolute atomic E-state index is 6.01. The third-order valence-corrected chi connectivity index (χ3v) is 5.51. The van der Waals surface area contributed by atoms with Crippen LogP contribution in [0.25, 0.3) is 0 Å². The molecule has 0 aliphatic carbocycles. The molecule has 29 heavy (non-hydrogen) atoms. The van der Waals surface area contributed by atoms with Crippen molar-refractivity contribution in [2.75, 3.05) is 45.9 Å². The summed E-state index contributed by atoms with van der Waals surface area (Å²) in [6.45, 7) is 10.4. The van der Waals surface area contributed by atoms with Crippen molar-refractivity contribution in [3.63, 3.8) is 0 Å². The van der Waals surface area contributed by atoms with Crippen molar-refractivity contribution in [1.29, 1.82) is 0 Å². The molecule has 0 bridgehead atoms. The zero-order valence-corrected chi connectivity index (χ0v) is 20.1. The first-order valence-electron chi connectivity index (χ1n) is 10.8. The summed E-state index contributed by atoms with van der Waals surface area (Å²) in [7, 11) is 0. The van der Waals surface area contributed by atoms with Gasteiger partial charge in [0.2, 0.25) is 0 Å². The molecule has 2 N–H and O–H groups in total. The number of fused-ring (bicyclic) bond motifs is 1. The summed E-state index contributed by atoms with van der Waals surface area (Å²) in [5.41, 5.74) is 1.22. The zero-order chi connectivity index (χ0) is 19.6. The Bertz CT molecular complexity index is 602. The molecule has 164 valence electrons. The molecule has 1 aromatic carbocycles. The fourth-order valence-electron chi connectivity index (χ4n) is 3.89. The van der Waals surface area contributed by atoms with E-state index < -0.39 is 0 Å². The first kappa shape index (κ1) is 24.4. The monoisotopic (exact) mass is 516 g/mol. The van der Waals surface area contributed by atoms with Gasteiger partial charge in [0.15, 0.2) is 5.96 Å². The van der Waals surface area contributed by atoms with Crippen molar-refractivity contribution >= 4 is 29.9 Å². The van der Waals surface area contributed by atoms with E-state index in [9.17, 15) is 0 Å². The predicted octanol–water partition coefficient (Wildman–Crippen LogP) is 3.19. The molecule has 2 fully saturated rings. The minimum atomic E-state index is 0. The number of nitrogens with one attached hydrogen (secondary N) is 2. The second-order valence-corrected chi connectivity index (χ2v) is 7.67. The summed E-state index contributed by atoms with van der Waals surface area (Å²) in [5.74, 6) is 0.866. The van der Waals surface area contributed by atoms with Crippen molar-refractivity contribution in [2.24, 2.45) is 4.99 Å². The van der Waals surface area contributed by atoms with Crippen LogP contribution in [-0.4, -0.2) is 68.9 Å². The molecule has 3 rings (SSSR count). The van der Waals surface area contributed by atoms with Crippen LogP contribution < -0.4 is 10.6 Å². The topological polar surface area (TPSA) is 58.1 Å². The molecule has 0 spiro atoms. The van der Waals surface area contributed by atoms with E-state index in [0.717, 1.165) is 45.2 Å². The van der Waals surface area contributed by atoms with Crippen molar-refractivity contribution in [3.05, 3.63) is 35.9 Å². The van der Waals surface area contributed by atoms with Crippen LogP contribution in [0.1, 0.15) is 44.8 Å². The predicted molar refractivity (Wildman–Crippen MR) is 129 cm³/mol. The lowest BCUT2D eigenvalue weighted by molar-refractivity contribution is -0.0432. The van der Waals surface area contributed by atoms with E-state index in [0.29, 0.717) is 12.6 Å². The van der Waals surface area contributed by atoms with Crippen LogP contribution in [0.15, 0.2) is 35.3 Å². The Kier molecular flexibility index (Phi) is 11.3. The number of halogens is 1. The van der Waals surface area contributed by atoms with Gasteiger partial charge in [-0.3, -0.25) is 9.89 Å². The number of hydrogen-bond donors (Lipinski definition) is 2. The van der Waals surface area contributed by atoms with Gasteiger partial charge in [0.05, 0.1) is 25.4 Å². The van der Waals surface area contributed by atoms with E-state index in [2.05, 4.69) is 53.6 Å². The SMILES string of the molecule is CCNC(=NCC1CN2CCCC2CO1)NCCCOC(C)c1ccccc1.I. The molecule has 2 aliphatic rings. The number of ether oxygens (including phenoxy) is 2. The highest BCUT2D eigenvalue weighted by Crippen LogP contribution is 2.22. The molecular weight excluding hydrogens is 479 g/mol. The van der Waals surface area contributed by atoms with Crippen LogP contribution in [0, 0.1) is 0 Å². The maximum Gasteiger partial charge on any atom is 0.191 e. The average molecular weight is 516 g/mol. The summed E-state index contributed by atoms with van der Waals surface area (Å²) in [6, 6.07) is 11.0. The Morgan fingerprint density at radius 3 is 2.93 bits per heavy atom. The fourth-order valence-corrected chi connectivity index (χ4v) is 3.89. The molecular formula is C22H37IN4O2. The Hall–Kier alpha value is -0.900. The summed E-state index contributed by atoms with van der Waals surface area (Å²) in [6.07, 6.45) is 3.86. The first-order valence-corrected chi connectivity index (χ1v) is 10.8. The number of nitrogens with zero attached hydrogens (tertiary/aromatic N) is 2. The number of aliphatic imine (C=N–C) groups is 1. The van der Waals surface area contributed by atoms with Crippen molar-refractivity contribution in [2.45, 2.75) is 51.4 Å². The summed E-state index contributed by atoms with van der Waals surface area (Å²) >= 11 is 0. The number of morpholine rings is 1. The Morgan fingerprint density at radius 2 is 2.14 bits per heavy atom. The second-order valence-electron chi connectivity index (χ2n) is 7.67. The molecule has 2 heterocycles. The molecule has 0 radical (unpaired) electrons. The van der Waals surface area contributed by atoms with Crippen LogP contribution >= 0.6 is 24.0 Å². The highest BCUT2D eigenvalue weighted by Gasteiger charge is 2.31. The van der Waals surface area contributed by atoms with Gasteiger partial charge in [-0.15, -0.1) is 24.0 Å². The van der Waals surface area contributed by atoms with E-state index in [-0.39, 0.29) is 36.2 Å². The van der Waals surface area contributed by atoms with E-state index in [1.54, 1.807) is 0 Å². The zero-order valence-electron chi connectivity index (χ0n) is 17.8. The van der Waals surface area contributed by atoms with Gasteiger partial charge in [-0.2, -0.15) is 0 Å². The van der Waals surface area contributed by atoms with Gasteiger partial charge in [0.25, 0.3) is 0 Å². The van der Waals surface area contributed by atoms with Gasteiger partial charge in [-0.1, -0.05) is 30.3 Å². The summed E-state index contributed by atoms with van der Waals surface area (Å²) < 4.78 is 11.9. The highest BCUT2D eigenvalue weighted by molar-refractivity contribution is 14.0. The van der Waals surface area contributed by atoms with Gasteiger partial charge in [-0.25, -0.2) is 0 Å². The molecule has 0 amide bonds. The third kappa shape index (κ3) is 8.03. The number of benzene rings is 1. The fraction of sp³-hybridized carbons (Fsp3) is 0.682. The Labute approximate surface area is 192 Å². The van der Waals surface area contributed by atoms with Gasteiger partial charge < -0.3 is 20.1 Å². The van der Waals surface area contributed by atoms with E-state index >= 15 is 0 Å². The lowest BCUT2D eigenvalue weighted by Gasteiger charge is -2.34. The lowest BCUT2D eigenvalue weighted by Crippen LogP contribution is -2.47. The van der Waals surface area contributed by atoms with Crippen LogP contribution in [0.3, 0.4) is 0 Å². The standard InChI is InChI=1S/C22H36N4O2.HI/c1-3-23-22(25-15-21-16-26-13-7-11-20(26)17-28-21)24-12-8-14-27-18(2)19-9-5-4-6-10-19;/h4-6,9-10,18,20-21H,3,7-8,11-17H2,1-2H3,(H2,23,24,25);1H. The molecule has 7 heteroatoms. The minimum absolute atomic E-state index is 0. The van der Waals surface area contributed by atoms with Crippen LogP contribution in [0.5, 0.6) is 0 Å². The molecule has 1 aromatic rings. The van der Waals surface area contributed by atoms with E-state index in [1.807, 2.05) is 6.07 Å². The lowest BCUT2D eigenvalue weighted by atomic mass is 10.1. The van der Waals surface area contributed by atoms with Crippen molar-refractivity contribution < 1.29 is 9.47 Å². The summed E-state index contributed by atoms with van der Waals surface area (Å²) in [5, 5.41) is 6.73. The van der Waals surface area contributed by atoms with Gasteiger partial charge >= 0.3 is 0 Å². The largest absolute Gasteiger partial charge is 0.374 e. The Balaban J connectivity index is 0.00000300. The van der Waals surface area contributed by atoms with E-state index in [1.165, 1.54) is 24.9 Å². The van der Waals surface area contributed by atoms with Crippen molar-refractivity contribution in [3.8, 4) is 0 Å². The third-order valence-electron chi connectivity index (χ3n) is 5.51. The maximum atomic E-state index is 6.01. The molecule has 0 saturated carbocycles. The summed E-state index contributed by atoms with van der Waals surface area (Å²) in [4.78, 5) is 7.30. The molecule has 3 atom stereocenters. The number of guanidine groups is 1. The molecule has 3 unspecified atom stereocenters. The smallest absolute Gasteiger partial charge is 0.191 e. The number of hydrogen-bond acceptors (Lipinski definition) is 4. The average Bonchev–Trinajstić information content (AvgIpc) is 3.20. The second kappa shape index (κ2) is 13.4. The van der Waals surface area contributed by atoms with Crippen LogP contribution in [0.2, 0.25) is 0 Å². The molecule has 2 aliphatic heterocycles. The van der Waals surface area contributed by atoms with E-state index in [4.69, 9.17) is 14.5 Å². The highest BCUT2D eigenvalue weighted by atomic mass is 127. The van der Waals surface area contributed by atoms with Crippen LogP contribution in [-0.2, 0) is 9.47 Å². The molecule has 0 aromatic heterocycles. The first-order chi connectivity index (χ1) is 13.8. The quantitative estimate of drug-likeness (QED) is 0.229. The van der Waals surface area contributed by atoms with Crippen LogP contribution in [0.4, 0.5) is 0 Å². The van der Waals surface area contributed by atoms with Gasteiger partial charge in [0, 0.05) is 32.3 Å². The van der Waals surface area contributed by atoms with Gasteiger partial charge in [-0.05, 0) is 45.2 Å². The molecule has 6 nitrogen and oxygen atoms in total. The number of rotatable bonds is 9. The van der Waals surface area contributed by atoms with Gasteiger partial charge in [0.1, 0.15) is 0 Å². The minimum Gasteiger partial charge on any atom is -0.374 e.